The summed E-state index contributed by atoms with van der Waals surface area (Å²) in [6.07, 6.45) is 0. The lowest BCUT2D eigenvalue weighted by molar-refractivity contribution is -0.183. The Morgan fingerprint density at radius 1 is 1.31 bits per heavy atom. The first-order valence-corrected chi connectivity index (χ1v) is 5.21. The molecule has 1 heterocycles. The van der Waals surface area contributed by atoms with Crippen LogP contribution in [0.4, 0.5) is 0 Å². The van der Waals surface area contributed by atoms with Gasteiger partial charge in [-0.25, -0.2) is 5.06 Å². The maximum Gasteiger partial charge on any atom is 0.313 e. The Bertz CT molecular complexity index is 402. The third-order valence-corrected chi connectivity index (χ3v) is 2.55. The van der Waals surface area contributed by atoms with Gasteiger partial charge in [0.1, 0.15) is 6.61 Å². The van der Waals surface area contributed by atoms with Crippen molar-refractivity contribution in [3.05, 3.63) is 35.9 Å². The van der Waals surface area contributed by atoms with Crippen molar-refractivity contribution in [2.75, 3.05) is 6.54 Å². The molecular formula is C12H13NO3. The average Bonchev–Trinajstić information content (AvgIpc) is 2.56. The minimum atomic E-state index is -0.538. The molecule has 0 bridgehead atoms. The Morgan fingerprint density at radius 3 is 2.56 bits per heavy atom. The normalized spacial score (nSPS) is 20.6. The van der Waals surface area contributed by atoms with Gasteiger partial charge in [-0.15, -0.1) is 0 Å². The maximum absolute atomic E-state index is 11.4. The fourth-order valence-corrected chi connectivity index (χ4v) is 1.59. The molecule has 0 aliphatic carbocycles. The molecule has 0 radical (unpaired) electrons. The molecule has 4 heteroatoms. The van der Waals surface area contributed by atoms with Crippen LogP contribution < -0.4 is 0 Å². The van der Waals surface area contributed by atoms with Gasteiger partial charge in [0, 0.05) is 5.92 Å². The summed E-state index contributed by atoms with van der Waals surface area (Å²) in [6.45, 7) is 2.39. The van der Waals surface area contributed by atoms with Gasteiger partial charge in [0.05, 0.1) is 6.54 Å². The van der Waals surface area contributed by atoms with Crippen molar-refractivity contribution in [2.24, 2.45) is 5.92 Å². The van der Waals surface area contributed by atoms with Crippen LogP contribution in [0.1, 0.15) is 12.5 Å². The summed E-state index contributed by atoms with van der Waals surface area (Å²) in [7, 11) is 0. The number of amides is 1. The second-order valence-corrected chi connectivity index (χ2v) is 3.89. The van der Waals surface area contributed by atoms with E-state index in [0.29, 0.717) is 13.2 Å². The van der Waals surface area contributed by atoms with Crippen molar-refractivity contribution in [1.29, 1.82) is 0 Å². The molecule has 0 saturated carbocycles. The highest BCUT2D eigenvalue weighted by atomic mass is 16.7. The Kier molecular flexibility index (Phi) is 3.01. The van der Waals surface area contributed by atoms with Gasteiger partial charge in [0.15, 0.2) is 0 Å². The number of Topliss-reactive ketones (excluding diaryl/α,β-unsaturated/α-hetero) is 1. The highest BCUT2D eigenvalue weighted by Crippen LogP contribution is 2.15. The highest BCUT2D eigenvalue weighted by molar-refractivity contribution is 6.38. The van der Waals surface area contributed by atoms with Crippen molar-refractivity contribution >= 4 is 11.7 Å². The topological polar surface area (TPSA) is 46.6 Å². The van der Waals surface area contributed by atoms with E-state index in [1.807, 2.05) is 30.3 Å². The number of carbonyl (C=O) groups is 2. The van der Waals surface area contributed by atoms with E-state index in [-0.39, 0.29) is 11.7 Å². The smallest absolute Gasteiger partial charge is 0.288 e. The van der Waals surface area contributed by atoms with Crippen molar-refractivity contribution in [2.45, 2.75) is 13.5 Å². The summed E-state index contributed by atoms with van der Waals surface area (Å²) in [4.78, 5) is 27.9. The molecule has 0 N–H and O–H groups in total. The molecule has 84 valence electrons. The lowest BCUT2D eigenvalue weighted by atomic mass is 10.1. The monoisotopic (exact) mass is 219 g/mol. The number of carbonyl (C=O) groups excluding carboxylic acids is 2. The second-order valence-electron chi connectivity index (χ2n) is 3.89. The molecule has 1 aliphatic heterocycles. The van der Waals surface area contributed by atoms with Crippen molar-refractivity contribution in [3.8, 4) is 0 Å². The predicted molar refractivity (Wildman–Crippen MR) is 57.1 cm³/mol. The fourth-order valence-electron chi connectivity index (χ4n) is 1.59. The van der Waals surface area contributed by atoms with E-state index in [2.05, 4.69) is 0 Å². The Balaban J connectivity index is 1.93. The van der Waals surface area contributed by atoms with Crippen LogP contribution in [0.3, 0.4) is 0 Å². The van der Waals surface area contributed by atoms with E-state index < -0.39 is 5.91 Å². The first kappa shape index (κ1) is 10.8. The van der Waals surface area contributed by atoms with E-state index in [4.69, 9.17) is 4.84 Å². The van der Waals surface area contributed by atoms with Gasteiger partial charge in [-0.3, -0.25) is 14.4 Å². The summed E-state index contributed by atoms with van der Waals surface area (Å²) >= 11 is 0. The third kappa shape index (κ3) is 2.12. The zero-order valence-electron chi connectivity index (χ0n) is 9.05. The van der Waals surface area contributed by atoms with E-state index in [9.17, 15) is 9.59 Å². The number of benzene rings is 1. The molecule has 1 aromatic rings. The van der Waals surface area contributed by atoms with Crippen LogP contribution in [0.15, 0.2) is 30.3 Å². The van der Waals surface area contributed by atoms with Gasteiger partial charge in [-0.05, 0) is 5.56 Å². The van der Waals surface area contributed by atoms with Crippen molar-refractivity contribution in [1.82, 2.24) is 5.06 Å². The van der Waals surface area contributed by atoms with Gasteiger partial charge in [-0.1, -0.05) is 37.3 Å². The molecule has 0 aromatic heterocycles. The lowest BCUT2D eigenvalue weighted by Crippen LogP contribution is -2.27. The van der Waals surface area contributed by atoms with Crippen LogP contribution in [0, 0.1) is 5.92 Å². The molecule has 4 nitrogen and oxygen atoms in total. The van der Waals surface area contributed by atoms with Crippen molar-refractivity contribution in [3.63, 3.8) is 0 Å². The Hall–Kier alpha value is -1.68. The number of rotatable bonds is 3. The molecule has 2 rings (SSSR count). The predicted octanol–water partition coefficient (Wildman–Crippen LogP) is 1.17. The van der Waals surface area contributed by atoms with Crippen molar-refractivity contribution < 1.29 is 14.4 Å². The van der Waals surface area contributed by atoms with Crippen LogP contribution in [0.25, 0.3) is 0 Å². The molecule has 1 aliphatic rings. The van der Waals surface area contributed by atoms with Crippen LogP contribution in [0.2, 0.25) is 0 Å². The Morgan fingerprint density at radius 2 is 2.00 bits per heavy atom. The minimum absolute atomic E-state index is 0.261. The lowest BCUT2D eigenvalue weighted by Gasteiger charge is -2.14. The molecular weight excluding hydrogens is 206 g/mol. The van der Waals surface area contributed by atoms with Gasteiger partial charge >= 0.3 is 5.91 Å². The van der Waals surface area contributed by atoms with Gasteiger partial charge in [0.2, 0.25) is 5.78 Å². The minimum Gasteiger partial charge on any atom is -0.288 e. The van der Waals surface area contributed by atoms with Crippen LogP contribution >= 0.6 is 0 Å². The van der Waals surface area contributed by atoms with E-state index in [0.717, 1.165) is 10.6 Å². The summed E-state index contributed by atoms with van der Waals surface area (Å²) in [6, 6.07) is 9.53. The SMILES string of the molecule is C[C@H]1CN(OCc2ccccc2)C(=O)C1=O. The highest BCUT2D eigenvalue weighted by Gasteiger charge is 2.36. The summed E-state index contributed by atoms with van der Waals surface area (Å²) < 4.78 is 0. The first-order chi connectivity index (χ1) is 7.68. The molecule has 1 amide bonds. The second kappa shape index (κ2) is 4.45. The van der Waals surface area contributed by atoms with Gasteiger partial charge < -0.3 is 0 Å². The number of nitrogens with zero attached hydrogens (tertiary/aromatic N) is 1. The molecule has 1 fully saturated rings. The number of hydrogen-bond acceptors (Lipinski definition) is 3. The Labute approximate surface area is 93.8 Å². The summed E-state index contributed by atoms with van der Waals surface area (Å²) in [5.41, 5.74) is 0.974. The molecule has 1 atom stereocenters. The summed E-state index contributed by atoms with van der Waals surface area (Å²) in [5.74, 6) is -1.17. The standard InChI is InChI=1S/C12H13NO3/c1-9-7-13(12(15)11(9)14)16-8-10-5-3-2-4-6-10/h2-6,9H,7-8H2,1H3/t9-/m0/s1. The number of hydrogen-bond donors (Lipinski definition) is 0. The largest absolute Gasteiger partial charge is 0.313 e. The van der Waals surface area contributed by atoms with Crippen LogP contribution in [-0.2, 0) is 21.0 Å². The zero-order chi connectivity index (χ0) is 11.5. The zero-order valence-corrected chi connectivity index (χ0v) is 9.05. The molecule has 1 saturated heterocycles. The van der Waals surface area contributed by atoms with E-state index in [1.165, 1.54) is 0 Å². The molecule has 16 heavy (non-hydrogen) atoms. The number of hydroxylamine groups is 2. The molecule has 1 aromatic carbocycles. The summed E-state index contributed by atoms with van der Waals surface area (Å²) in [5, 5.41) is 1.15. The van der Waals surface area contributed by atoms with E-state index >= 15 is 0 Å². The first-order valence-electron chi connectivity index (χ1n) is 5.21. The quantitative estimate of drug-likeness (QED) is 0.717. The van der Waals surface area contributed by atoms with Gasteiger partial charge in [0.25, 0.3) is 0 Å². The third-order valence-electron chi connectivity index (χ3n) is 2.55. The van der Waals surface area contributed by atoms with E-state index in [1.54, 1.807) is 6.92 Å². The average molecular weight is 219 g/mol. The van der Waals surface area contributed by atoms with Crippen LogP contribution in [0.5, 0.6) is 0 Å². The maximum atomic E-state index is 11.4. The number of ketones is 1. The fraction of sp³-hybridized carbons (Fsp3) is 0.333. The molecule has 0 unspecified atom stereocenters. The van der Waals surface area contributed by atoms with Gasteiger partial charge in [-0.2, -0.15) is 0 Å². The molecule has 0 spiro atoms. The van der Waals surface area contributed by atoms with Crippen LogP contribution in [-0.4, -0.2) is 23.3 Å².